The molecule has 2 N–H and O–H groups in total. The van der Waals surface area contributed by atoms with Gasteiger partial charge < -0.3 is 10.1 Å². The maximum Gasteiger partial charge on any atom is 0.208 e. The average molecular weight is 273 g/mol. The zero-order valence-corrected chi connectivity index (χ0v) is 11.4. The van der Waals surface area contributed by atoms with Gasteiger partial charge in [0.2, 0.25) is 10.0 Å². The van der Waals surface area contributed by atoms with Crippen LogP contribution in [-0.2, 0) is 14.8 Å². The first kappa shape index (κ1) is 16.1. The number of hydrogen-bond acceptors (Lipinski definition) is 4. The van der Waals surface area contributed by atoms with Crippen molar-refractivity contribution in [2.24, 2.45) is 5.41 Å². The summed E-state index contributed by atoms with van der Waals surface area (Å²) >= 11 is 0. The first-order valence-electron chi connectivity index (χ1n) is 5.12. The number of ether oxygens (including phenoxy) is 1. The number of piperidine rings is 1. The van der Waals surface area contributed by atoms with Crippen molar-refractivity contribution in [3.05, 3.63) is 0 Å². The summed E-state index contributed by atoms with van der Waals surface area (Å²) in [5.41, 5.74) is -0.0386. The maximum atomic E-state index is 11.1. The van der Waals surface area contributed by atoms with Crippen LogP contribution in [0.2, 0.25) is 0 Å². The molecule has 0 atom stereocenters. The Bertz CT molecular complexity index is 284. The Hall–Kier alpha value is 0.120. The van der Waals surface area contributed by atoms with Crippen LogP contribution in [0.5, 0.6) is 0 Å². The number of rotatable bonds is 5. The molecule has 1 heterocycles. The molecular weight excluding hydrogens is 252 g/mol. The van der Waals surface area contributed by atoms with Crippen LogP contribution < -0.4 is 10.0 Å². The zero-order valence-electron chi connectivity index (χ0n) is 9.78. The van der Waals surface area contributed by atoms with Gasteiger partial charge in [-0.1, -0.05) is 0 Å². The standard InChI is InChI=1S/C9H20N2O3S.ClH/c1-14-8-9(3-5-10-6-4-9)7-11-15(2,12)13;/h10-11H,3-8H2,1-2H3;1H. The second-order valence-corrected chi connectivity index (χ2v) is 6.11. The summed E-state index contributed by atoms with van der Waals surface area (Å²) in [5, 5.41) is 3.26. The molecule has 0 saturated carbocycles. The summed E-state index contributed by atoms with van der Waals surface area (Å²) in [4.78, 5) is 0. The lowest BCUT2D eigenvalue weighted by atomic mass is 9.80. The lowest BCUT2D eigenvalue weighted by molar-refractivity contribution is 0.0577. The molecule has 0 aromatic rings. The Morgan fingerprint density at radius 2 is 1.94 bits per heavy atom. The molecule has 5 nitrogen and oxygen atoms in total. The van der Waals surface area contributed by atoms with Crippen molar-refractivity contribution in [3.63, 3.8) is 0 Å². The van der Waals surface area contributed by atoms with E-state index in [1.165, 1.54) is 6.26 Å². The molecule has 0 aliphatic carbocycles. The summed E-state index contributed by atoms with van der Waals surface area (Å²) in [6.45, 7) is 2.93. The minimum absolute atomic E-state index is 0. The second kappa shape index (κ2) is 6.76. The van der Waals surface area contributed by atoms with Crippen molar-refractivity contribution < 1.29 is 13.2 Å². The molecule has 98 valence electrons. The molecule has 1 aliphatic heterocycles. The minimum atomic E-state index is -3.11. The van der Waals surface area contributed by atoms with E-state index in [9.17, 15) is 8.42 Å². The van der Waals surface area contributed by atoms with E-state index in [0.717, 1.165) is 25.9 Å². The lowest BCUT2D eigenvalue weighted by Gasteiger charge is -2.36. The van der Waals surface area contributed by atoms with Crippen molar-refractivity contribution in [2.75, 3.05) is 39.6 Å². The number of nitrogens with one attached hydrogen (secondary N) is 2. The van der Waals surface area contributed by atoms with Crippen LogP contribution in [-0.4, -0.2) is 48.0 Å². The highest BCUT2D eigenvalue weighted by Crippen LogP contribution is 2.28. The van der Waals surface area contributed by atoms with Crippen LogP contribution in [0.25, 0.3) is 0 Å². The van der Waals surface area contributed by atoms with E-state index in [4.69, 9.17) is 4.74 Å². The summed E-state index contributed by atoms with van der Waals surface area (Å²) < 4.78 is 29.9. The molecule has 16 heavy (non-hydrogen) atoms. The van der Waals surface area contributed by atoms with E-state index in [2.05, 4.69) is 10.0 Å². The Morgan fingerprint density at radius 1 is 1.38 bits per heavy atom. The number of hydrogen-bond donors (Lipinski definition) is 2. The Labute approximate surface area is 104 Å². The molecule has 1 aliphatic rings. The topological polar surface area (TPSA) is 67.4 Å². The average Bonchev–Trinajstić information content (AvgIpc) is 2.16. The minimum Gasteiger partial charge on any atom is -0.384 e. The Balaban J connectivity index is 0.00000225. The molecule has 0 aromatic heterocycles. The van der Waals surface area contributed by atoms with Crippen LogP contribution in [0.15, 0.2) is 0 Å². The molecule has 1 rings (SSSR count). The van der Waals surface area contributed by atoms with Crippen LogP contribution in [0.1, 0.15) is 12.8 Å². The van der Waals surface area contributed by atoms with Gasteiger partial charge in [0.15, 0.2) is 0 Å². The first-order chi connectivity index (χ1) is 6.97. The first-order valence-corrected chi connectivity index (χ1v) is 7.01. The molecular formula is C9H21ClN2O3S. The van der Waals surface area contributed by atoms with Crippen molar-refractivity contribution in [3.8, 4) is 0 Å². The van der Waals surface area contributed by atoms with Gasteiger partial charge in [-0.25, -0.2) is 13.1 Å². The van der Waals surface area contributed by atoms with Crippen molar-refractivity contribution in [1.82, 2.24) is 10.0 Å². The SMILES string of the molecule is COCC1(CNS(C)(=O)=O)CCNCC1.Cl. The van der Waals surface area contributed by atoms with Gasteiger partial charge in [0.05, 0.1) is 12.9 Å². The molecule has 0 amide bonds. The highest BCUT2D eigenvalue weighted by molar-refractivity contribution is 7.88. The van der Waals surface area contributed by atoms with Gasteiger partial charge in [-0.15, -0.1) is 12.4 Å². The van der Waals surface area contributed by atoms with Crippen LogP contribution >= 0.6 is 12.4 Å². The maximum absolute atomic E-state index is 11.1. The fourth-order valence-electron chi connectivity index (χ4n) is 1.92. The highest BCUT2D eigenvalue weighted by Gasteiger charge is 2.32. The van der Waals surface area contributed by atoms with Gasteiger partial charge in [0.25, 0.3) is 0 Å². The van der Waals surface area contributed by atoms with E-state index in [-0.39, 0.29) is 17.8 Å². The predicted octanol–water partition coefficient (Wildman–Crippen LogP) is -0.0264. The summed E-state index contributed by atoms with van der Waals surface area (Å²) in [6, 6.07) is 0. The summed E-state index contributed by atoms with van der Waals surface area (Å²) in [5.74, 6) is 0. The van der Waals surface area contributed by atoms with Gasteiger partial charge in [0.1, 0.15) is 0 Å². The van der Waals surface area contributed by atoms with Gasteiger partial charge in [-0.3, -0.25) is 0 Å². The third kappa shape index (κ3) is 5.45. The second-order valence-electron chi connectivity index (χ2n) is 4.28. The molecule has 0 bridgehead atoms. The van der Waals surface area contributed by atoms with Gasteiger partial charge in [-0.05, 0) is 25.9 Å². The highest BCUT2D eigenvalue weighted by atomic mass is 35.5. The van der Waals surface area contributed by atoms with Crippen LogP contribution in [0.4, 0.5) is 0 Å². The predicted molar refractivity (Wildman–Crippen MR) is 66.5 cm³/mol. The van der Waals surface area contributed by atoms with Gasteiger partial charge in [0, 0.05) is 19.1 Å². The van der Waals surface area contributed by atoms with E-state index >= 15 is 0 Å². The molecule has 1 fully saturated rings. The van der Waals surface area contributed by atoms with Crippen LogP contribution in [0.3, 0.4) is 0 Å². The lowest BCUT2D eigenvalue weighted by Crippen LogP contribution is -2.46. The van der Waals surface area contributed by atoms with Crippen LogP contribution in [0, 0.1) is 5.41 Å². The van der Waals surface area contributed by atoms with Crippen molar-refractivity contribution >= 4 is 22.4 Å². The number of methoxy groups -OCH3 is 1. The fourth-order valence-corrected chi connectivity index (χ4v) is 2.49. The number of sulfonamides is 1. The monoisotopic (exact) mass is 272 g/mol. The summed E-state index contributed by atoms with van der Waals surface area (Å²) in [7, 11) is -1.45. The molecule has 0 spiro atoms. The quantitative estimate of drug-likeness (QED) is 0.738. The molecule has 1 saturated heterocycles. The van der Waals surface area contributed by atoms with E-state index in [1.807, 2.05) is 0 Å². The molecule has 0 unspecified atom stereocenters. The van der Waals surface area contributed by atoms with E-state index in [0.29, 0.717) is 13.2 Å². The Kier molecular flexibility index (Phi) is 6.81. The zero-order chi connectivity index (χ0) is 11.4. The third-order valence-electron chi connectivity index (χ3n) is 2.82. The molecule has 7 heteroatoms. The molecule has 0 radical (unpaired) electrons. The largest absolute Gasteiger partial charge is 0.384 e. The van der Waals surface area contributed by atoms with Gasteiger partial charge in [-0.2, -0.15) is 0 Å². The van der Waals surface area contributed by atoms with Crippen molar-refractivity contribution in [2.45, 2.75) is 12.8 Å². The fraction of sp³-hybridized carbons (Fsp3) is 1.00. The van der Waals surface area contributed by atoms with E-state index < -0.39 is 10.0 Å². The normalized spacial score (nSPS) is 20.1. The number of halogens is 1. The smallest absolute Gasteiger partial charge is 0.208 e. The summed E-state index contributed by atoms with van der Waals surface area (Å²) in [6.07, 6.45) is 3.08. The Morgan fingerprint density at radius 3 is 2.38 bits per heavy atom. The van der Waals surface area contributed by atoms with Crippen molar-refractivity contribution in [1.29, 1.82) is 0 Å². The third-order valence-corrected chi connectivity index (χ3v) is 3.49. The molecule has 0 aromatic carbocycles. The van der Waals surface area contributed by atoms with E-state index in [1.54, 1.807) is 7.11 Å². The van der Waals surface area contributed by atoms with Gasteiger partial charge >= 0.3 is 0 Å².